The Balaban J connectivity index is 2.26. The molecule has 1 saturated heterocycles. The summed E-state index contributed by atoms with van der Waals surface area (Å²) in [4.78, 5) is 27.8. The number of ketones is 1. The van der Waals surface area contributed by atoms with Crippen LogP contribution < -0.4 is 18.9 Å². The quantitative estimate of drug-likeness (QED) is 0.252. The van der Waals surface area contributed by atoms with Crippen LogP contribution in [0.5, 0.6) is 23.0 Å². The van der Waals surface area contributed by atoms with Gasteiger partial charge in [0.15, 0.2) is 17.2 Å². The molecule has 1 heterocycles. The first-order valence-electron chi connectivity index (χ1n) is 11.3. The van der Waals surface area contributed by atoms with E-state index in [1.165, 1.54) is 45.5 Å². The van der Waals surface area contributed by atoms with Gasteiger partial charge in [-0.2, -0.15) is 0 Å². The molecule has 200 valence electrons. The van der Waals surface area contributed by atoms with Crippen molar-refractivity contribution >= 4 is 40.7 Å². The molecular formula is C26H29Cl2NO8. The van der Waals surface area contributed by atoms with Crippen molar-refractivity contribution in [3.05, 3.63) is 51.0 Å². The Hall–Kier alpha value is -3.14. The highest BCUT2D eigenvalue weighted by molar-refractivity contribution is 6.46. The molecule has 1 fully saturated rings. The second-order valence-electron chi connectivity index (χ2n) is 8.34. The fourth-order valence-electron chi connectivity index (χ4n) is 4.15. The van der Waals surface area contributed by atoms with E-state index in [4.69, 9.17) is 46.9 Å². The van der Waals surface area contributed by atoms with Gasteiger partial charge in [-0.1, -0.05) is 23.2 Å². The molecular weight excluding hydrogens is 525 g/mol. The summed E-state index contributed by atoms with van der Waals surface area (Å²) in [5.41, 5.74) is 0.441. The number of rotatable bonds is 10. The summed E-state index contributed by atoms with van der Waals surface area (Å²) < 4.78 is 27.2. The zero-order valence-electron chi connectivity index (χ0n) is 21.4. The Morgan fingerprint density at radius 3 is 1.92 bits per heavy atom. The van der Waals surface area contributed by atoms with E-state index in [9.17, 15) is 14.7 Å². The number of carbonyl (C=O) groups is 2. The predicted octanol–water partition coefficient (Wildman–Crippen LogP) is 4.87. The highest BCUT2D eigenvalue weighted by Crippen LogP contribution is 2.46. The third-order valence-electron chi connectivity index (χ3n) is 5.80. The van der Waals surface area contributed by atoms with E-state index in [1.54, 1.807) is 12.1 Å². The first-order valence-corrected chi connectivity index (χ1v) is 12.1. The van der Waals surface area contributed by atoms with Gasteiger partial charge < -0.3 is 33.7 Å². The van der Waals surface area contributed by atoms with Crippen LogP contribution in [0.15, 0.2) is 29.8 Å². The molecule has 0 radical (unpaired) electrons. The van der Waals surface area contributed by atoms with E-state index in [-0.39, 0.29) is 46.2 Å². The lowest BCUT2D eigenvalue weighted by Crippen LogP contribution is -2.33. The standard InChI is InChI=1S/C26H29Cl2NO8/c1-13(2)37-8-7-29-21(14-11-18(33-3)25(36-6)19(12-14)34-4)20(23(31)26(29)32)22(30)15-9-16(27)24(35-5)17(28)10-15/h9-13,21,30H,7-8H2,1-6H3/b22-20+. The Kier molecular flexibility index (Phi) is 9.17. The zero-order valence-corrected chi connectivity index (χ0v) is 22.9. The Morgan fingerprint density at radius 1 is 0.919 bits per heavy atom. The maximum absolute atomic E-state index is 13.3. The van der Waals surface area contributed by atoms with Gasteiger partial charge in [0.05, 0.1) is 62.8 Å². The van der Waals surface area contributed by atoms with Gasteiger partial charge in [-0.05, 0) is 43.7 Å². The number of amides is 1. The molecule has 0 aromatic heterocycles. The number of ether oxygens (including phenoxy) is 5. The van der Waals surface area contributed by atoms with Crippen LogP contribution in [0.25, 0.3) is 5.76 Å². The summed E-state index contributed by atoms with van der Waals surface area (Å²) in [5, 5.41) is 11.6. The van der Waals surface area contributed by atoms with E-state index >= 15 is 0 Å². The molecule has 3 rings (SSSR count). The van der Waals surface area contributed by atoms with Crippen molar-refractivity contribution in [2.75, 3.05) is 41.6 Å². The third-order valence-corrected chi connectivity index (χ3v) is 6.36. The van der Waals surface area contributed by atoms with Gasteiger partial charge >= 0.3 is 0 Å². The van der Waals surface area contributed by atoms with Crippen LogP contribution in [0.4, 0.5) is 0 Å². The van der Waals surface area contributed by atoms with Crippen LogP contribution in [-0.4, -0.2) is 69.4 Å². The molecule has 0 spiro atoms. The van der Waals surface area contributed by atoms with Crippen molar-refractivity contribution in [3.63, 3.8) is 0 Å². The number of Topliss-reactive ketones (excluding diaryl/α,β-unsaturated/α-hetero) is 1. The van der Waals surface area contributed by atoms with Crippen LogP contribution >= 0.6 is 23.2 Å². The van der Waals surface area contributed by atoms with Gasteiger partial charge in [-0.15, -0.1) is 0 Å². The first-order chi connectivity index (χ1) is 17.6. The number of methoxy groups -OCH3 is 4. The van der Waals surface area contributed by atoms with Crippen molar-refractivity contribution < 1.29 is 38.4 Å². The zero-order chi connectivity index (χ0) is 27.4. The summed E-state index contributed by atoms with van der Waals surface area (Å²) in [6.07, 6.45) is -0.0833. The van der Waals surface area contributed by atoms with E-state index in [1.807, 2.05) is 13.8 Å². The minimum atomic E-state index is -0.996. The number of aliphatic hydroxyl groups is 1. The number of halogens is 2. The van der Waals surface area contributed by atoms with Gasteiger partial charge in [0, 0.05) is 12.1 Å². The maximum atomic E-state index is 13.3. The lowest BCUT2D eigenvalue weighted by molar-refractivity contribution is -0.140. The second kappa shape index (κ2) is 11.9. The van der Waals surface area contributed by atoms with Gasteiger partial charge in [0.2, 0.25) is 5.75 Å². The Bertz CT molecular complexity index is 1180. The number of aliphatic hydroxyl groups excluding tert-OH is 1. The maximum Gasteiger partial charge on any atom is 0.295 e. The lowest BCUT2D eigenvalue weighted by atomic mass is 9.94. The average Bonchev–Trinajstić information content (AvgIpc) is 3.11. The number of likely N-dealkylation sites (tertiary alicyclic amines) is 1. The largest absolute Gasteiger partial charge is 0.507 e. The molecule has 1 N–H and O–H groups in total. The minimum Gasteiger partial charge on any atom is -0.507 e. The third kappa shape index (κ3) is 5.58. The number of carbonyl (C=O) groups excluding carboxylic acids is 2. The van der Waals surface area contributed by atoms with Crippen molar-refractivity contribution in [1.82, 2.24) is 4.90 Å². The average molecular weight is 554 g/mol. The molecule has 1 aliphatic heterocycles. The molecule has 11 heteroatoms. The summed E-state index contributed by atoms with van der Waals surface area (Å²) in [5.74, 6) is -0.930. The molecule has 2 aromatic rings. The van der Waals surface area contributed by atoms with Crippen LogP contribution in [0.3, 0.4) is 0 Å². The molecule has 2 aromatic carbocycles. The number of benzene rings is 2. The lowest BCUT2D eigenvalue weighted by Gasteiger charge is -2.27. The van der Waals surface area contributed by atoms with E-state index < -0.39 is 23.5 Å². The van der Waals surface area contributed by atoms with E-state index in [2.05, 4.69) is 0 Å². The van der Waals surface area contributed by atoms with Crippen LogP contribution in [0.1, 0.15) is 31.0 Å². The molecule has 37 heavy (non-hydrogen) atoms. The van der Waals surface area contributed by atoms with Crippen molar-refractivity contribution in [2.24, 2.45) is 0 Å². The van der Waals surface area contributed by atoms with Gasteiger partial charge in [-0.25, -0.2) is 0 Å². The summed E-state index contributed by atoms with van der Waals surface area (Å²) in [6, 6.07) is 5.06. The van der Waals surface area contributed by atoms with Gasteiger partial charge in [0.25, 0.3) is 11.7 Å². The smallest absolute Gasteiger partial charge is 0.295 e. The van der Waals surface area contributed by atoms with E-state index in [0.717, 1.165) is 0 Å². The summed E-state index contributed by atoms with van der Waals surface area (Å²) in [7, 11) is 5.78. The van der Waals surface area contributed by atoms with E-state index in [0.29, 0.717) is 22.8 Å². The molecule has 0 saturated carbocycles. The molecule has 1 atom stereocenters. The van der Waals surface area contributed by atoms with Crippen LogP contribution in [0, 0.1) is 0 Å². The van der Waals surface area contributed by atoms with Crippen LogP contribution in [0.2, 0.25) is 10.0 Å². The topological polar surface area (TPSA) is 104 Å². The first kappa shape index (κ1) is 28.4. The Labute approximate surface area is 225 Å². The highest BCUT2D eigenvalue weighted by Gasteiger charge is 2.46. The SMILES string of the molecule is COc1cc(C2/C(=C(\O)c3cc(Cl)c(OC)c(Cl)c3)C(=O)C(=O)N2CCOC(C)C)cc(OC)c1OC. The molecule has 9 nitrogen and oxygen atoms in total. The second-order valence-corrected chi connectivity index (χ2v) is 9.16. The highest BCUT2D eigenvalue weighted by atomic mass is 35.5. The fourth-order valence-corrected chi connectivity index (χ4v) is 4.79. The monoisotopic (exact) mass is 553 g/mol. The van der Waals surface area contributed by atoms with Gasteiger partial charge in [0.1, 0.15) is 5.76 Å². The van der Waals surface area contributed by atoms with Crippen molar-refractivity contribution in [1.29, 1.82) is 0 Å². The molecule has 1 aliphatic rings. The summed E-state index contributed by atoms with van der Waals surface area (Å²) in [6.45, 7) is 3.99. The number of hydrogen-bond acceptors (Lipinski definition) is 8. The van der Waals surface area contributed by atoms with Crippen molar-refractivity contribution in [2.45, 2.75) is 26.0 Å². The Morgan fingerprint density at radius 2 is 1.46 bits per heavy atom. The minimum absolute atomic E-state index is 0.0833. The summed E-state index contributed by atoms with van der Waals surface area (Å²) >= 11 is 12.5. The molecule has 0 bridgehead atoms. The normalized spacial score (nSPS) is 16.9. The van der Waals surface area contributed by atoms with Crippen molar-refractivity contribution in [3.8, 4) is 23.0 Å². The van der Waals surface area contributed by atoms with Crippen LogP contribution in [-0.2, 0) is 14.3 Å². The number of nitrogens with zero attached hydrogens (tertiary/aromatic N) is 1. The molecule has 1 amide bonds. The predicted molar refractivity (Wildman–Crippen MR) is 139 cm³/mol. The fraction of sp³-hybridized carbons (Fsp3) is 0.385. The molecule has 1 unspecified atom stereocenters. The van der Waals surface area contributed by atoms with Gasteiger partial charge in [-0.3, -0.25) is 9.59 Å². The number of hydrogen-bond donors (Lipinski definition) is 1. The molecule has 0 aliphatic carbocycles.